The summed E-state index contributed by atoms with van der Waals surface area (Å²) >= 11 is 0. The van der Waals surface area contributed by atoms with Gasteiger partial charge in [-0.3, -0.25) is 0 Å². The first kappa shape index (κ1) is 84.7. The summed E-state index contributed by atoms with van der Waals surface area (Å²) in [5, 5.41) is 5.59. The lowest BCUT2D eigenvalue weighted by Crippen LogP contribution is -2.22. The minimum Gasteiger partial charge on any atom is -0.381 e. The summed E-state index contributed by atoms with van der Waals surface area (Å²) in [6.45, 7) is 26.4. The van der Waals surface area contributed by atoms with Gasteiger partial charge in [0.15, 0.2) is 0 Å². The number of fused-ring (bicyclic) bond motifs is 10. The predicted molar refractivity (Wildman–Crippen MR) is 480 cm³/mol. The second-order valence-electron chi connectivity index (χ2n) is 31.3. The number of aryl methyl sites for hydroxylation is 3. The maximum Gasteiger partial charge on any atom is 0.109 e. The van der Waals surface area contributed by atoms with E-state index in [-0.39, 0.29) is 12.2 Å². The van der Waals surface area contributed by atoms with Crippen LogP contribution in [0, 0.1) is 5.92 Å². The van der Waals surface area contributed by atoms with Gasteiger partial charge in [0.25, 0.3) is 0 Å². The molecule has 0 heterocycles. The van der Waals surface area contributed by atoms with E-state index in [1.165, 1.54) is 191 Å². The number of ether oxygens (including phenoxy) is 8. The van der Waals surface area contributed by atoms with Crippen molar-refractivity contribution in [3.63, 3.8) is 0 Å². The fraction of sp³-hybridized carbons (Fsp3) is 0.370. The first-order valence-electron chi connectivity index (χ1n) is 43.7. The molecule has 0 aliphatic heterocycles. The molecule has 0 amide bonds. The number of hydrogen-bond acceptors (Lipinski definition) is 8. The highest BCUT2D eigenvalue weighted by Gasteiger charge is 2.31. The molecular formula is C108H124O8. The summed E-state index contributed by atoms with van der Waals surface area (Å²) in [6, 6.07) is 95.4. The summed E-state index contributed by atoms with van der Waals surface area (Å²) in [5.41, 5.74) is 28.5. The van der Waals surface area contributed by atoms with Gasteiger partial charge in [-0.1, -0.05) is 267 Å². The molecule has 0 N–H and O–H groups in total. The molecule has 116 heavy (non-hydrogen) atoms. The van der Waals surface area contributed by atoms with Crippen molar-refractivity contribution in [1.82, 2.24) is 0 Å². The second-order valence-corrected chi connectivity index (χ2v) is 31.3. The maximum atomic E-state index is 5.86. The van der Waals surface area contributed by atoms with Crippen LogP contribution in [0.2, 0.25) is 0 Å². The molecule has 12 aromatic carbocycles. The topological polar surface area (TPSA) is 73.8 Å². The van der Waals surface area contributed by atoms with Crippen molar-refractivity contribution < 1.29 is 37.9 Å². The average Bonchev–Trinajstić information content (AvgIpc) is 1.64. The second kappa shape index (κ2) is 43.9. The fourth-order valence-corrected chi connectivity index (χ4v) is 18.7. The third-order valence-electron chi connectivity index (χ3n) is 24.0. The summed E-state index contributed by atoms with van der Waals surface area (Å²) in [6.07, 6.45) is 15.4. The largest absolute Gasteiger partial charge is 0.381 e. The van der Waals surface area contributed by atoms with Gasteiger partial charge >= 0.3 is 0 Å². The van der Waals surface area contributed by atoms with E-state index in [9.17, 15) is 0 Å². The number of rotatable bonds is 20. The molecule has 20 rings (SSSR count). The van der Waals surface area contributed by atoms with E-state index < -0.39 is 0 Å². The summed E-state index contributed by atoms with van der Waals surface area (Å²) < 4.78 is 45.1. The molecular weight excluding hydrogens is 1430 g/mol. The Kier molecular flexibility index (Phi) is 32.1. The average molecular weight is 1550 g/mol. The van der Waals surface area contributed by atoms with Gasteiger partial charge in [0.2, 0.25) is 0 Å². The smallest absolute Gasteiger partial charge is 0.109 e. The Balaban J connectivity index is 0.000000116. The van der Waals surface area contributed by atoms with Crippen LogP contribution in [0.15, 0.2) is 267 Å². The Labute approximate surface area is 693 Å². The molecule has 0 aromatic heterocycles. The molecule has 8 aliphatic carbocycles. The Hall–Kier alpha value is -9.16. The lowest BCUT2D eigenvalue weighted by molar-refractivity contribution is 0.0500. The zero-order valence-electron chi connectivity index (χ0n) is 70.3. The van der Waals surface area contributed by atoms with E-state index in [1.54, 1.807) is 0 Å². The minimum atomic E-state index is 0.123. The Morgan fingerprint density at radius 1 is 0.250 bits per heavy atom. The normalized spacial score (nSPS) is 17.6. The van der Waals surface area contributed by atoms with Crippen LogP contribution in [0.3, 0.4) is 0 Å². The lowest BCUT2D eigenvalue weighted by atomic mass is 9.89. The van der Waals surface area contributed by atoms with E-state index in [0.717, 1.165) is 104 Å². The molecule has 604 valence electrons. The van der Waals surface area contributed by atoms with E-state index in [1.807, 2.05) is 13.8 Å². The quantitative estimate of drug-likeness (QED) is 0.0747. The zero-order chi connectivity index (χ0) is 80.2. The molecule has 0 bridgehead atoms. The van der Waals surface area contributed by atoms with E-state index in [2.05, 4.69) is 308 Å². The number of hydrogen-bond donors (Lipinski definition) is 0. The highest BCUT2D eigenvalue weighted by Crippen LogP contribution is 2.47. The van der Waals surface area contributed by atoms with Gasteiger partial charge in [0, 0.05) is 83.6 Å². The van der Waals surface area contributed by atoms with Crippen molar-refractivity contribution in [2.24, 2.45) is 5.92 Å². The van der Waals surface area contributed by atoms with Crippen molar-refractivity contribution in [1.29, 1.82) is 0 Å². The Morgan fingerprint density at radius 2 is 0.647 bits per heavy atom. The Morgan fingerprint density at radius 3 is 1.21 bits per heavy atom. The maximum absolute atomic E-state index is 5.86. The third kappa shape index (κ3) is 21.2. The monoisotopic (exact) mass is 1550 g/mol. The standard InChI is InChI=1S/C16H16O.C15H16O.C15H14O.C14H14O.4C12H16O/c1-2-17-11-16-14-9-5-3-7-12(14)13-8-4-6-10-15(13)16;1-2-16-10-13-9-12-7-3-5-11-6-4-8-14(13)15(11)12;1-2-16-15-13-9-5-3-7-11(13)12-8-4-6-10-14(12)15;1-2-15-13-9-11-7-3-5-10-6-4-8-12(13)14(10)11;1-2-13-12-9-5-7-10-6-3-4-8-11(10)12;1-2-13-9-10-7-11-5-3-4-6-12(11)8-10;1-2-13-9-11-8-7-10-5-3-4-6-12(10)11;1-2-13-12-8-7-10-5-3-4-6-11(10)9-12/h3-10,16H,2,11H2,1H3;3-8,13H,2,9-10H2,1H3;3-10,15H,2H2,1H3;3-8,13H,2,9H2,1H3;3-4,6,8,12H,2,5,7,9H2,1H3;3-6,10H,2,7-9H2,1H3;3-6,11H,2,7-9H2,1H3;3-6,12H,2,7-9H2,1H3. The molecule has 5 atom stereocenters. The summed E-state index contributed by atoms with van der Waals surface area (Å²) in [5.74, 6) is 2.33. The highest BCUT2D eigenvalue weighted by atomic mass is 16.5. The van der Waals surface area contributed by atoms with Crippen LogP contribution in [0.1, 0.15) is 206 Å². The van der Waals surface area contributed by atoms with E-state index >= 15 is 0 Å². The first-order chi connectivity index (χ1) is 57.3. The first-order valence-corrected chi connectivity index (χ1v) is 43.7. The van der Waals surface area contributed by atoms with Crippen LogP contribution in [0.4, 0.5) is 0 Å². The van der Waals surface area contributed by atoms with E-state index in [4.69, 9.17) is 37.9 Å². The van der Waals surface area contributed by atoms with Gasteiger partial charge in [-0.05, 0) is 265 Å². The van der Waals surface area contributed by atoms with Crippen LogP contribution in [-0.2, 0) is 89.3 Å². The van der Waals surface area contributed by atoms with Crippen molar-refractivity contribution in [2.75, 3.05) is 79.3 Å². The van der Waals surface area contributed by atoms with Crippen LogP contribution >= 0.6 is 0 Å². The van der Waals surface area contributed by atoms with Gasteiger partial charge in [0.05, 0.1) is 38.1 Å². The van der Waals surface area contributed by atoms with E-state index in [0.29, 0.717) is 30.0 Å². The van der Waals surface area contributed by atoms with Crippen LogP contribution < -0.4 is 0 Å². The molecule has 0 spiro atoms. The molecule has 8 aliphatic rings. The fourth-order valence-electron chi connectivity index (χ4n) is 18.7. The van der Waals surface area contributed by atoms with Gasteiger partial charge in [-0.25, -0.2) is 0 Å². The zero-order valence-corrected chi connectivity index (χ0v) is 70.3. The third-order valence-corrected chi connectivity index (χ3v) is 24.0. The molecule has 12 aromatic rings. The highest BCUT2D eigenvalue weighted by molar-refractivity contribution is 5.92. The predicted octanol–water partition coefficient (Wildman–Crippen LogP) is 25.5. The van der Waals surface area contributed by atoms with Crippen LogP contribution in [-0.4, -0.2) is 85.4 Å². The van der Waals surface area contributed by atoms with Crippen LogP contribution in [0.25, 0.3) is 43.8 Å². The van der Waals surface area contributed by atoms with Gasteiger partial charge in [0.1, 0.15) is 6.10 Å². The minimum absolute atomic E-state index is 0.123. The summed E-state index contributed by atoms with van der Waals surface area (Å²) in [7, 11) is 0. The Bertz CT molecular complexity index is 4910. The van der Waals surface area contributed by atoms with Crippen molar-refractivity contribution in [2.45, 2.75) is 175 Å². The molecule has 8 heteroatoms. The molecule has 8 nitrogen and oxygen atoms in total. The SMILES string of the molecule is CCOC1CCCc2ccccc21.CCOC1CCc2ccccc2C1.CCOC1Cc2cccc3cccc1c23.CCOC1c2ccccc2-c2ccccc21.CCOCC1CCc2ccccc21.CCOCC1Cc2cccc3cccc1c23.CCOCC1Cc2ccccc2C1.CCOCC1c2ccccc2-c2ccccc21. The van der Waals surface area contributed by atoms with Crippen molar-refractivity contribution >= 4 is 21.5 Å². The summed E-state index contributed by atoms with van der Waals surface area (Å²) in [4.78, 5) is 0. The van der Waals surface area contributed by atoms with Gasteiger partial charge < -0.3 is 37.9 Å². The molecule has 0 fully saturated rings. The molecule has 0 radical (unpaired) electrons. The van der Waals surface area contributed by atoms with Gasteiger partial charge in [-0.2, -0.15) is 0 Å². The van der Waals surface area contributed by atoms with Crippen LogP contribution in [0.5, 0.6) is 0 Å². The molecule has 5 unspecified atom stereocenters. The van der Waals surface area contributed by atoms with Crippen molar-refractivity contribution in [3.8, 4) is 22.3 Å². The van der Waals surface area contributed by atoms with Crippen molar-refractivity contribution in [3.05, 3.63) is 356 Å². The molecule has 0 saturated carbocycles. The lowest BCUT2D eigenvalue weighted by Gasteiger charge is -2.24. The molecule has 0 saturated heterocycles. The number of benzene rings is 12. The van der Waals surface area contributed by atoms with Gasteiger partial charge in [-0.15, -0.1) is 0 Å².